The van der Waals surface area contributed by atoms with E-state index in [1.165, 1.54) is 21.6 Å². The highest BCUT2D eigenvalue weighted by Gasteiger charge is 2.14. The molecule has 0 aromatic heterocycles. The van der Waals surface area contributed by atoms with Crippen molar-refractivity contribution in [3.8, 4) is 0 Å². The summed E-state index contributed by atoms with van der Waals surface area (Å²) in [6, 6.07) is -1.85. The minimum absolute atomic E-state index is 0.229. The van der Waals surface area contributed by atoms with Crippen LogP contribution in [0, 0.1) is 0 Å². The third-order valence-corrected chi connectivity index (χ3v) is 3.69. The van der Waals surface area contributed by atoms with Gasteiger partial charge in [-0.25, -0.2) is 0 Å². The number of nitrogens with two attached hydrogens (primary N) is 2. The molecule has 0 spiro atoms. The highest BCUT2D eigenvalue weighted by Crippen LogP contribution is 2.22. The number of carbonyl (C=O) groups is 2. The summed E-state index contributed by atoms with van der Waals surface area (Å²) in [5.74, 6) is -1.68. The fourth-order valence-electron chi connectivity index (χ4n) is 0.385. The zero-order valence-corrected chi connectivity index (χ0v) is 8.88. The van der Waals surface area contributed by atoms with Gasteiger partial charge in [0.2, 0.25) is 0 Å². The first-order valence-electron chi connectivity index (χ1n) is 3.66. The molecule has 0 aromatic rings. The Morgan fingerprint density at radius 2 is 1.29 bits per heavy atom. The fourth-order valence-corrected chi connectivity index (χ4v) is 2.61. The standard InChI is InChI=1S/C6H12N2O4S2/c7-3(5(9)10)1-13-14-2-4(8)6(11)12/h3-4H,1-2,7-8H2,(H,9,10)(H,11,12)/t3-,4-/m1/s1. The van der Waals surface area contributed by atoms with Gasteiger partial charge >= 0.3 is 11.9 Å². The molecule has 0 fully saturated rings. The molecule has 0 aliphatic heterocycles. The fraction of sp³-hybridized carbons (Fsp3) is 0.667. The van der Waals surface area contributed by atoms with Gasteiger partial charge in [-0.15, -0.1) is 0 Å². The van der Waals surface area contributed by atoms with Crippen molar-refractivity contribution in [3.05, 3.63) is 0 Å². The molecule has 0 amide bonds. The van der Waals surface area contributed by atoms with Crippen molar-refractivity contribution >= 4 is 33.5 Å². The van der Waals surface area contributed by atoms with Gasteiger partial charge in [-0.1, -0.05) is 21.6 Å². The van der Waals surface area contributed by atoms with Crippen molar-refractivity contribution in [3.63, 3.8) is 0 Å². The number of rotatable bonds is 7. The van der Waals surface area contributed by atoms with Crippen LogP contribution in [-0.4, -0.2) is 45.7 Å². The molecular formula is C6H12N2O4S2. The minimum atomic E-state index is -1.07. The Morgan fingerprint density at radius 3 is 1.50 bits per heavy atom. The van der Waals surface area contributed by atoms with Crippen LogP contribution in [0.4, 0.5) is 0 Å². The molecular weight excluding hydrogens is 228 g/mol. The monoisotopic (exact) mass is 240 g/mol. The molecule has 8 heteroatoms. The van der Waals surface area contributed by atoms with Crippen molar-refractivity contribution < 1.29 is 19.8 Å². The molecule has 0 rings (SSSR count). The van der Waals surface area contributed by atoms with Crippen LogP contribution in [0.15, 0.2) is 0 Å². The lowest BCUT2D eigenvalue weighted by Crippen LogP contribution is -2.33. The Hall–Kier alpha value is -0.440. The van der Waals surface area contributed by atoms with Gasteiger partial charge in [0.1, 0.15) is 12.1 Å². The molecule has 2 atom stereocenters. The first kappa shape index (κ1) is 13.6. The van der Waals surface area contributed by atoms with Gasteiger partial charge in [-0.2, -0.15) is 0 Å². The van der Waals surface area contributed by atoms with Crippen LogP contribution in [-0.2, 0) is 9.59 Å². The molecule has 0 bridgehead atoms. The normalized spacial score (nSPS) is 14.7. The molecule has 0 aliphatic rings. The predicted octanol–water partition coefficient (Wildman–Crippen LogP) is -0.808. The summed E-state index contributed by atoms with van der Waals surface area (Å²) in [6.07, 6.45) is 0. The van der Waals surface area contributed by atoms with E-state index in [1.54, 1.807) is 0 Å². The molecule has 0 aromatic carbocycles. The van der Waals surface area contributed by atoms with Gasteiger partial charge < -0.3 is 21.7 Å². The number of hydrogen-bond donors (Lipinski definition) is 4. The summed E-state index contributed by atoms with van der Waals surface area (Å²) in [6.45, 7) is 0. The minimum Gasteiger partial charge on any atom is -0.480 e. The first-order valence-corrected chi connectivity index (χ1v) is 6.15. The first-order chi connectivity index (χ1) is 6.45. The van der Waals surface area contributed by atoms with Gasteiger partial charge in [0.15, 0.2) is 0 Å². The molecule has 0 radical (unpaired) electrons. The third-order valence-electron chi connectivity index (χ3n) is 1.21. The number of carboxylic acid groups (broad SMARTS) is 2. The van der Waals surface area contributed by atoms with Crippen LogP contribution in [0.25, 0.3) is 0 Å². The Balaban J connectivity index is 3.47. The highest BCUT2D eigenvalue weighted by molar-refractivity contribution is 8.76. The SMILES string of the molecule is N[C@H](CSSC[C@@H](N)C(=O)O)C(=O)O. The predicted molar refractivity (Wildman–Crippen MR) is 56.1 cm³/mol. The smallest absolute Gasteiger partial charge is 0.321 e. The number of carboxylic acids is 2. The van der Waals surface area contributed by atoms with Crippen molar-refractivity contribution in [1.29, 1.82) is 0 Å². The van der Waals surface area contributed by atoms with E-state index >= 15 is 0 Å². The van der Waals surface area contributed by atoms with Crippen LogP contribution in [0.1, 0.15) is 0 Å². The average Bonchev–Trinajstić information content (AvgIpc) is 2.11. The second-order valence-corrected chi connectivity index (χ2v) is 5.01. The molecule has 0 saturated heterocycles. The maximum Gasteiger partial charge on any atom is 0.321 e. The summed E-state index contributed by atoms with van der Waals surface area (Å²) >= 11 is 0. The Morgan fingerprint density at radius 1 is 1.00 bits per heavy atom. The Labute approximate surface area is 88.8 Å². The van der Waals surface area contributed by atoms with E-state index in [-0.39, 0.29) is 11.5 Å². The van der Waals surface area contributed by atoms with E-state index in [4.69, 9.17) is 21.7 Å². The molecule has 0 heterocycles. The van der Waals surface area contributed by atoms with Crippen molar-refractivity contribution in [1.82, 2.24) is 0 Å². The lowest BCUT2D eigenvalue weighted by Gasteiger charge is -2.07. The molecule has 0 unspecified atom stereocenters. The molecule has 6 nitrogen and oxygen atoms in total. The quantitative estimate of drug-likeness (QED) is 0.336. The van der Waals surface area contributed by atoms with Gasteiger partial charge in [0.05, 0.1) is 0 Å². The van der Waals surface area contributed by atoms with E-state index in [1.807, 2.05) is 0 Å². The van der Waals surface area contributed by atoms with Crippen LogP contribution in [0.5, 0.6) is 0 Å². The summed E-state index contributed by atoms with van der Waals surface area (Å²) in [5.41, 5.74) is 10.4. The van der Waals surface area contributed by atoms with E-state index in [0.717, 1.165) is 0 Å². The average molecular weight is 240 g/mol. The maximum atomic E-state index is 10.3. The summed E-state index contributed by atoms with van der Waals surface area (Å²) in [5, 5.41) is 16.8. The van der Waals surface area contributed by atoms with Crippen LogP contribution in [0.2, 0.25) is 0 Å². The molecule has 14 heavy (non-hydrogen) atoms. The van der Waals surface area contributed by atoms with Crippen LogP contribution >= 0.6 is 21.6 Å². The topological polar surface area (TPSA) is 127 Å². The van der Waals surface area contributed by atoms with E-state index in [0.29, 0.717) is 0 Å². The maximum absolute atomic E-state index is 10.3. The van der Waals surface area contributed by atoms with Crippen LogP contribution in [0.3, 0.4) is 0 Å². The third kappa shape index (κ3) is 6.08. The lowest BCUT2D eigenvalue weighted by molar-refractivity contribution is -0.138. The van der Waals surface area contributed by atoms with Gasteiger partial charge in [0, 0.05) is 11.5 Å². The van der Waals surface area contributed by atoms with E-state index in [9.17, 15) is 9.59 Å². The largest absolute Gasteiger partial charge is 0.480 e. The molecule has 0 saturated carbocycles. The molecule has 82 valence electrons. The summed E-state index contributed by atoms with van der Waals surface area (Å²) in [4.78, 5) is 20.5. The Kier molecular flexibility index (Phi) is 6.71. The van der Waals surface area contributed by atoms with Gasteiger partial charge in [-0.3, -0.25) is 9.59 Å². The second kappa shape index (κ2) is 6.93. The summed E-state index contributed by atoms with van der Waals surface area (Å²) in [7, 11) is 2.41. The van der Waals surface area contributed by atoms with Crippen molar-refractivity contribution in [2.24, 2.45) is 11.5 Å². The molecule has 0 aliphatic carbocycles. The zero-order chi connectivity index (χ0) is 11.1. The van der Waals surface area contributed by atoms with E-state index in [2.05, 4.69) is 0 Å². The number of aliphatic carboxylic acids is 2. The van der Waals surface area contributed by atoms with E-state index < -0.39 is 24.0 Å². The lowest BCUT2D eigenvalue weighted by atomic mass is 10.4. The Bertz CT molecular complexity index is 192. The molecule has 6 N–H and O–H groups in total. The van der Waals surface area contributed by atoms with Crippen molar-refractivity contribution in [2.45, 2.75) is 12.1 Å². The van der Waals surface area contributed by atoms with Gasteiger partial charge in [0.25, 0.3) is 0 Å². The second-order valence-electron chi connectivity index (χ2n) is 2.46. The van der Waals surface area contributed by atoms with Crippen LogP contribution < -0.4 is 11.5 Å². The highest BCUT2D eigenvalue weighted by atomic mass is 33.1. The number of hydrogen-bond acceptors (Lipinski definition) is 6. The summed E-state index contributed by atoms with van der Waals surface area (Å²) < 4.78 is 0. The zero-order valence-electron chi connectivity index (χ0n) is 7.25. The van der Waals surface area contributed by atoms with Gasteiger partial charge in [-0.05, 0) is 0 Å². The van der Waals surface area contributed by atoms with Crippen molar-refractivity contribution in [2.75, 3.05) is 11.5 Å².